The maximum Gasteiger partial charge on any atom is 0.354 e. The maximum absolute atomic E-state index is 12.1. The van der Waals surface area contributed by atoms with Crippen LogP contribution in [0.25, 0.3) is 10.8 Å². The predicted octanol–water partition coefficient (Wildman–Crippen LogP) is 6.75. The maximum atomic E-state index is 12.1. The smallest absolute Gasteiger partial charge is 0.334 e. The summed E-state index contributed by atoms with van der Waals surface area (Å²) in [5.74, 6) is 0.237. The number of nitrogens with zero attached hydrogens (tertiary/aromatic N) is 4. The molecular formula is C22H17Cl2N5O2. The number of rotatable bonds is 6. The first kappa shape index (κ1) is 20.8. The van der Waals surface area contributed by atoms with Crippen LogP contribution >= 0.6 is 23.2 Å². The van der Waals surface area contributed by atoms with Crippen molar-refractivity contribution in [2.75, 3.05) is 16.8 Å². The van der Waals surface area contributed by atoms with Crippen molar-refractivity contribution >= 4 is 62.7 Å². The lowest BCUT2D eigenvalue weighted by molar-refractivity contribution is -0.383. The topological polar surface area (TPSA) is 84.2 Å². The average molecular weight is 454 g/mol. The first-order chi connectivity index (χ1) is 15.0. The van der Waals surface area contributed by atoms with Gasteiger partial charge in [-0.3, -0.25) is 10.1 Å². The Morgan fingerprint density at radius 2 is 1.74 bits per heavy atom. The van der Waals surface area contributed by atoms with Crippen LogP contribution in [0.5, 0.6) is 0 Å². The predicted molar refractivity (Wildman–Crippen MR) is 125 cm³/mol. The summed E-state index contributed by atoms with van der Waals surface area (Å²) in [6, 6.07) is 18.5. The lowest BCUT2D eigenvalue weighted by Crippen LogP contribution is -2.20. The van der Waals surface area contributed by atoms with Crippen LogP contribution in [0.4, 0.5) is 28.7 Å². The molecule has 3 aromatic carbocycles. The number of aromatic nitrogens is 2. The number of anilines is 4. The highest BCUT2D eigenvalue weighted by atomic mass is 35.5. The molecule has 4 rings (SSSR count). The highest BCUT2D eigenvalue weighted by molar-refractivity contribution is 6.35. The Balaban J connectivity index is 1.85. The molecule has 7 nitrogen and oxygen atoms in total. The van der Waals surface area contributed by atoms with Gasteiger partial charge in [0.25, 0.3) is 0 Å². The van der Waals surface area contributed by atoms with Crippen molar-refractivity contribution in [1.82, 2.24) is 9.97 Å². The molecule has 0 amide bonds. The van der Waals surface area contributed by atoms with E-state index in [4.69, 9.17) is 23.2 Å². The molecule has 0 fully saturated rings. The van der Waals surface area contributed by atoms with Gasteiger partial charge < -0.3 is 10.2 Å². The van der Waals surface area contributed by atoms with Crippen molar-refractivity contribution < 1.29 is 4.92 Å². The Labute approximate surface area is 188 Å². The van der Waals surface area contributed by atoms with E-state index in [2.05, 4.69) is 15.3 Å². The Hall–Kier alpha value is -3.42. The highest BCUT2D eigenvalue weighted by Gasteiger charge is 2.28. The largest absolute Gasteiger partial charge is 0.354 e. The van der Waals surface area contributed by atoms with Crippen molar-refractivity contribution in [3.63, 3.8) is 0 Å². The first-order valence-electron chi connectivity index (χ1n) is 9.45. The molecule has 1 aromatic heterocycles. The number of nitrogens with one attached hydrogen (secondary N) is 1. The second-order valence-corrected chi connectivity index (χ2v) is 7.55. The Morgan fingerprint density at radius 1 is 1.03 bits per heavy atom. The summed E-state index contributed by atoms with van der Waals surface area (Å²) in [4.78, 5) is 21.8. The molecule has 0 unspecified atom stereocenters. The molecule has 0 saturated heterocycles. The van der Waals surface area contributed by atoms with Gasteiger partial charge in [0, 0.05) is 27.7 Å². The van der Waals surface area contributed by atoms with Crippen LogP contribution in [0, 0.1) is 10.1 Å². The van der Waals surface area contributed by atoms with Crippen LogP contribution in [0.3, 0.4) is 0 Å². The third-order valence-corrected chi connectivity index (χ3v) is 5.18. The van der Waals surface area contributed by atoms with E-state index in [0.717, 1.165) is 16.5 Å². The van der Waals surface area contributed by atoms with Crippen LogP contribution in [0.15, 0.2) is 67.0 Å². The molecule has 1 N–H and O–H groups in total. The molecule has 0 aliphatic carbocycles. The van der Waals surface area contributed by atoms with E-state index >= 15 is 0 Å². The van der Waals surface area contributed by atoms with E-state index in [1.807, 2.05) is 49.4 Å². The minimum Gasteiger partial charge on any atom is -0.334 e. The normalized spacial score (nSPS) is 10.8. The van der Waals surface area contributed by atoms with Crippen LogP contribution in [0.1, 0.15) is 6.92 Å². The van der Waals surface area contributed by atoms with E-state index in [0.29, 0.717) is 22.3 Å². The third kappa shape index (κ3) is 4.23. The Bertz CT molecular complexity index is 1260. The van der Waals surface area contributed by atoms with Crippen LogP contribution < -0.4 is 10.2 Å². The average Bonchev–Trinajstić information content (AvgIpc) is 2.73. The SMILES string of the molecule is CCN(c1ncnc(Nc2cc(Cl)cc(Cl)c2)c1[N+](=O)[O-])c1cccc2ccccc12. The number of hydrogen-bond acceptors (Lipinski definition) is 6. The highest BCUT2D eigenvalue weighted by Crippen LogP contribution is 2.39. The zero-order chi connectivity index (χ0) is 22.0. The quantitative estimate of drug-likeness (QED) is 0.256. The molecule has 9 heteroatoms. The van der Waals surface area contributed by atoms with Crippen molar-refractivity contribution in [3.8, 4) is 0 Å². The molecule has 0 spiro atoms. The van der Waals surface area contributed by atoms with Gasteiger partial charge in [-0.05, 0) is 36.6 Å². The molecule has 0 bridgehead atoms. The molecule has 156 valence electrons. The van der Waals surface area contributed by atoms with Gasteiger partial charge in [-0.1, -0.05) is 59.6 Å². The van der Waals surface area contributed by atoms with Gasteiger partial charge in [0.15, 0.2) is 0 Å². The van der Waals surface area contributed by atoms with Crippen molar-refractivity contribution in [3.05, 3.63) is 87.2 Å². The number of benzene rings is 3. The van der Waals surface area contributed by atoms with Crippen molar-refractivity contribution in [1.29, 1.82) is 0 Å². The molecule has 0 saturated carbocycles. The van der Waals surface area contributed by atoms with Crippen molar-refractivity contribution in [2.45, 2.75) is 6.92 Å². The minimum absolute atomic E-state index is 0.0482. The van der Waals surface area contributed by atoms with Gasteiger partial charge >= 0.3 is 5.69 Å². The van der Waals surface area contributed by atoms with E-state index in [-0.39, 0.29) is 17.3 Å². The fourth-order valence-electron chi connectivity index (χ4n) is 3.47. The molecular weight excluding hydrogens is 437 g/mol. The number of halogens is 2. The van der Waals surface area contributed by atoms with E-state index in [1.54, 1.807) is 23.1 Å². The number of fused-ring (bicyclic) bond motifs is 1. The molecule has 4 aromatic rings. The molecule has 0 radical (unpaired) electrons. The second-order valence-electron chi connectivity index (χ2n) is 6.68. The Kier molecular flexibility index (Phi) is 5.88. The summed E-state index contributed by atoms with van der Waals surface area (Å²) in [5.41, 5.74) is 1.06. The molecule has 0 atom stereocenters. The fourth-order valence-corrected chi connectivity index (χ4v) is 3.99. The van der Waals surface area contributed by atoms with Gasteiger partial charge in [-0.25, -0.2) is 9.97 Å². The first-order valence-corrected chi connectivity index (χ1v) is 10.2. The summed E-state index contributed by atoms with van der Waals surface area (Å²) in [5, 5.41) is 17.8. The van der Waals surface area contributed by atoms with Gasteiger partial charge in [0.05, 0.1) is 10.6 Å². The van der Waals surface area contributed by atoms with E-state index in [1.165, 1.54) is 6.33 Å². The monoisotopic (exact) mass is 453 g/mol. The second kappa shape index (κ2) is 8.75. The summed E-state index contributed by atoms with van der Waals surface area (Å²) in [6.45, 7) is 2.38. The van der Waals surface area contributed by atoms with Gasteiger partial charge in [-0.15, -0.1) is 0 Å². The lowest BCUT2D eigenvalue weighted by Gasteiger charge is -2.24. The Morgan fingerprint density at radius 3 is 2.45 bits per heavy atom. The summed E-state index contributed by atoms with van der Waals surface area (Å²) in [7, 11) is 0. The molecule has 31 heavy (non-hydrogen) atoms. The number of nitro groups is 1. The number of hydrogen-bond donors (Lipinski definition) is 1. The third-order valence-electron chi connectivity index (χ3n) is 4.74. The zero-order valence-corrected chi connectivity index (χ0v) is 17.9. The molecule has 0 aliphatic heterocycles. The zero-order valence-electron chi connectivity index (χ0n) is 16.4. The van der Waals surface area contributed by atoms with Gasteiger partial charge in [-0.2, -0.15) is 0 Å². The van der Waals surface area contributed by atoms with Gasteiger partial charge in [0.2, 0.25) is 11.6 Å². The summed E-state index contributed by atoms with van der Waals surface area (Å²) < 4.78 is 0. The molecule has 0 aliphatic rings. The van der Waals surface area contributed by atoms with Crippen LogP contribution in [0.2, 0.25) is 10.0 Å². The molecule has 1 heterocycles. The standard InChI is InChI=1S/C22H17Cl2N5O2/c1-2-28(19-9-5-7-14-6-3-4-8-18(14)19)22-20(29(30)31)21(25-13-26-22)27-17-11-15(23)10-16(24)12-17/h3-13H,2H2,1H3,(H,25,26,27). The van der Waals surface area contributed by atoms with E-state index in [9.17, 15) is 10.1 Å². The van der Waals surface area contributed by atoms with Gasteiger partial charge in [0.1, 0.15) is 6.33 Å². The summed E-state index contributed by atoms with van der Waals surface area (Å²) >= 11 is 12.1. The lowest BCUT2D eigenvalue weighted by atomic mass is 10.1. The van der Waals surface area contributed by atoms with Crippen molar-refractivity contribution in [2.24, 2.45) is 0 Å². The van der Waals surface area contributed by atoms with E-state index < -0.39 is 4.92 Å². The summed E-state index contributed by atoms with van der Waals surface area (Å²) in [6.07, 6.45) is 1.30. The fraction of sp³-hybridized carbons (Fsp3) is 0.0909. The van der Waals surface area contributed by atoms with Crippen LogP contribution in [-0.4, -0.2) is 21.4 Å². The minimum atomic E-state index is -0.488. The van der Waals surface area contributed by atoms with Crippen LogP contribution in [-0.2, 0) is 0 Å².